The molecule has 0 radical (unpaired) electrons. The number of nitrogens with one attached hydrogen (secondary N) is 2. The van der Waals surface area contributed by atoms with Crippen LogP contribution in [0.4, 0.5) is 0 Å². The molecule has 2 N–H and O–H groups in total. The van der Waals surface area contributed by atoms with Gasteiger partial charge in [0.25, 0.3) is 0 Å². The van der Waals surface area contributed by atoms with Gasteiger partial charge in [0.2, 0.25) is 11.7 Å². The molecular formula is C13H15N5O3S. The smallest absolute Gasteiger partial charge is 0.224 e. The highest BCUT2D eigenvalue weighted by Crippen LogP contribution is 2.19. The Kier molecular flexibility index (Phi) is 3.88. The largest absolute Gasteiger partial charge is 0.352 e. The third-order valence-corrected chi connectivity index (χ3v) is 5.37. The van der Waals surface area contributed by atoms with E-state index in [1.807, 2.05) is 24.3 Å². The third kappa shape index (κ3) is 3.30. The summed E-state index contributed by atoms with van der Waals surface area (Å²) in [4.78, 5) is 12.0. The average molecular weight is 321 g/mol. The third-order valence-electron chi connectivity index (χ3n) is 3.60. The van der Waals surface area contributed by atoms with Crippen molar-refractivity contribution in [2.45, 2.75) is 13.0 Å². The lowest BCUT2D eigenvalue weighted by molar-refractivity contribution is -0.124. The molecule has 2 aromatic rings. The Balaban J connectivity index is 1.62. The number of aromatic nitrogens is 4. The van der Waals surface area contributed by atoms with Gasteiger partial charge in [-0.25, -0.2) is 8.42 Å². The molecule has 22 heavy (non-hydrogen) atoms. The predicted molar refractivity (Wildman–Crippen MR) is 78.2 cm³/mol. The van der Waals surface area contributed by atoms with Crippen LogP contribution in [0.5, 0.6) is 0 Å². The maximum Gasteiger partial charge on any atom is 0.224 e. The second-order valence-corrected chi connectivity index (χ2v) is 7.48. The second-order valence-electron chi connectivity index (χ2n) is 5.25. The number of tetrazole rings is 1. The molecule has 1 fully saturated rings. The quantitative estimate of drug-likeness (QED) is 0.813. The molecule has 1 atom stereocenters. The fraction of sp³-hybridized carbons (Fsp3) is 0.385. The Labute approximate surface area is 127 Å². The number of carbonyl (C=O) groups is 1. The van der Waals surface area contributed by atoms with E-state index < -0.39 is 15.8 Å². The van der Waals surface area contributed by atoms with E-state index in [1.54, 1.807) is 0 Å². The van der Waals surface area contributed by atoms with Crippen LogP contribution in [0.1, 0.15) is 12.0 Å². The Morgan fingerprint density at radius 1 is 1.41 bits per heavy atom. The summed E-state index contributed by atoms with van der Waals surface area (Å²) in [6.07, 6.45) is 0.400. The monoisotopic (exact) mass is 321 g/mol. The van der Waals surface area contributed by atoms with Gasteiger partial charge >= 0.3 is 0 Å². The topological polar surface area (TPSA) is 118 Å². The number of hydrogen-bond donors (Lipinski definition) is 2. The molecule has 1 amide bonds. The van der Waals surface area contributed by atoms with Crippen LogP contribution in [0.3, 0.4) is 0 Å². The Morgan fingerprint density at radius 3 is 2.95 bits per heavy atom. The van der Waals surface area contributed by atoms with E-state index in [1.165, 1.54) is 0 Å². The molecule has 0 unspecified atom stereocenters. The van der Waals surface area contributed by atoms with Crippen molar-refractivity contribution in [3.05, 3.63) is 29.8 Å². The van der Waals surface area contributed by atoms with E-state index >= 15 is 0 Å². The van der Waals surface area contributed by atoms with Crippen LogP contribution in [0, 0.1) is 5.92 Å². The van der Waals surface area contributed by atoms with Crippen molar-refractivity contribution in [3.8, 4) is 11.4 Å². The molecule has 1 aromatic carbocycles. The minimum absolute atomic E-state index is 0.0538. The van der Waals surface area contributed by atoms with Crippen molar-refractivity contribution in [2.24, 2.45) is 5.92 Å². The number of benzene rings is 1. The van der Waals surface area contributed by atoms with Gasteiger partial charge < -0.3 is 5.32 Å². The number of sulfone groups is 1. The van der Waals surface area contributed by atoms with Gasteiger partial charge in [-0.1, -0.05) is 18.2 Å². The minimum atomic E-state index is -3.05. The molecule has 1 aliphatic heterocycles. The zero-order valence-corrected chi connectivity index (χ0v) is 12.5. The van der Waals surface area contributed by atoms with Crippen molar-refractivity contribution in [3.63, 3.8) is 0 Å². The summed E-state index contributed by atoms with van der Waals surface area (Å²) >= 11 is 0. The van der Waals surface area contributed by atoms with Gasteiger partial charge in [0.15, 0.2) is 9.84 Å². The number of H-pyrrole nitrogens is 1. The van der Waals surface area contributed by atoms with Crippen LogP contribution in [0.25, 0.3) is 11.4 Å². The van der Waals surface area contributed by atoms with E-state index in [4.69, 9.17) is 0 Å². The highest BCUT2D eigenvalue weighted by molar-refractivity contribution is 7.91. The number of amides is 1. The molecule has 3 rings (SSSR count). The first-order chi connectivity index (χ1) is 10.5. The summed E-state index contributed by atoms with van der Waals surface area (Å²) < 4.78 is 22.8. The molecule has 0 aliphatic carbocycles. The lowest BCUT2D eigenvalue weighted by Crippen LogP contribution is -2.30. The van der Waals surface area contributed by atoms with E-state index in [0.717, 1.165) is 11.1 Å². The summed E-state index contributed by atoms with van der Waals surface area (Å²) in [5, 5.41) is 16.5. The highest BCUT2D eigenvalue weighted by atomic mass is 32.2. The van der Waals surface area contributed by atoms with Crippen LogP contribution in [-0.2, 0) is 21.2 Å². The van der Waals surface area contributed by atoms with Crippen molar-refractivity contribution < 1.29 is 13.2 Å². The number of hydrogen-bond acceptors (Lipinski definition) is 6. The van der Waals surface area contributed by atoms with Crippen LogP contribution >= 0.6 is 0 Å². The molecule has 116 valence electrons. The van der Waals surface area contributed by atoms with E-state index in [0.29, 0.717) is 18.8 Å². The SMILES string of the molecule is O=C(NCc1cccc(-c2nn[nH]n2)c1)[C@H]1CCS(=O)(=O)C1. The van der Waals surface area contributed by atoms with E-state index in [9.17, 15) is 13.2 Å². The van der Waals surface area contributed by atoms with E-state index in [2.05, 4.69) is 25.9 Å². The average Bonchev–Trinajstić information content (AvgIpc) is 3.14. The molecule has 2 heterocycles. The standard InChI is InChI=1S/C13H15N5O3S/c19-13(11-4-5-22(20,21)8-11)14-7-9-2-1-3-10(6-9)12-15-17-18-16-12/h1-3,6,11H,4-5,7-8H2,(H,14,19)(H,15,16,17,18)/t11-/m0/s1. The summed E-state index contributed by atoms with van der Waals surface area (Å²) in [6.45, 7) is 0.334. The minimum Gasteiger partial charge on any atom is -0.352 e. The van der Waals surface area contributed by atoms with Crippen LogP contribution in [0.2, 0.25) is 0 Å². The van der Waals surface area contributed by atoms with Gasteiger partial charge in [0.05, 0.1) is 17.4 Å². The number of rotatable bonds is 4. The summed E-state index contributed by atoms with van der Waals surface area (Å²) in [5.41, 5.74) is 1.68. The fourth-order valence-corrected chi connectivity index (χ4v) is 4.18. The lowest BCUT2D eigenvalue weighted by atomic mass is 10.1. The molecule has 1 saturated heterocycles. The molecular weight excluding hydrogens is 306 g/mol. The van der Waals surface area contributed by atoms with Crippen molar-refractivity contribution in [1.29, 1.82) is 0 Å². The zero-order valence-electron chi connectivity index (χ0n) is 11.7. The highest BCUT2D eigenvalue weighted by Gasteiger charge is 2.32. The molecule has 9 heteroatoms. The summed E-state index contributed by atoms with van der Waals surface area (Å²) in [5.74, 6) is -0.133. The van der Waals surface area contributed by atoms with Gasteiger partial charge in [-0.15, -0.1) is 10.2 Å². The molecule has 8 nitrogen and oxygen atoms in total. The lowest BCUT2D eigenvalue weighted by Gasteiger charge is -2.10. The number of nitrogens with zero attached hydrogens (tertiary/aromatic N) is 3. The van der Waals surface area contributed by atoms with E-state index in [-0.39, 0.29) is 17.4 Å². The fourth-order valence-electron chi connectivity index (χ4n) is 2.44. The van der Waals surface area contributed by atoms with Crippen molar-refractivity contribution in [1.82, 2.24) is 25.9 Å². The van der Waals surface area contributed by atoms with Gasteiger partial charge in [0, 0.05) is 12.1 Å². The van der Waals surface area contributed by atoms with Gasteiger partial charge in [-0.2, -0.15) is 5.21 Å². The first-order valence-electron chi connectivity index (χ1n) is 6.84. The number of carbonyl (C=O) groups excluding carboxylic acids is 1. The molecule has 0 saturated carbocycles. The zero-order chi connectivity index (χ0) is 15.6. The van der Waals surface area contributed by atoms with Crippen LogP contribution in [0.15, 0.2) is 24.3 Å². The van der Waals surface area contributed by atoms with Gasteiger partial charge in [0.1, 0.15) is 0 Å². The summed E-state index contributed by atoms with van der Waals surface area (Å²) in [7, 11) is -3.05. The molecule has 1 aliphatic rings. The Hall–Kier alpha value is -2.29. The number of aromatic amines is 1. The Bertz CT molecular complexity index is 773. The maximum absolute atomic E-state index is 12.0. The first-order valence-corrected chi connectivity index (χ1v) is 8.66. The van der Waals surface area contributed by atoms with Crippen molar-refractivity contribution >= 4 is 15.7 Å². The van der Waals surface area contributed by atoms with Crippen LogP contribution < -0.4 is 5.32 Å². The van der Waals surface area contributed by atoms with Crippen LogP contribution in [-0.4, -0.2) is 46.5 Å². The normalized spacial score (nSPS) is 19.9. The predicted octanol–water partition coefficient (Wildman–Crippen LogP) is -0.0824. The summed E-state index contributed by atoms with van der Waals surface area (Å²) in [6, 6.07) is 7.42. The van der Waals surface area contributed by atoms with Crippen molar-refractivity contribution in [2.75, 3.05) is 11.5 Å². The molecule has 0 spiro atoms. The molecule has 0 bridgehead atoms. The maximum atomic E-state index is 12.0. The Morgan fingerprint density at radius 2 is 2.27 bits per heavy atom. The molecule has 1 aromatic heterocycles. The first kappa shape index (κ1) is 14.6. The second kappa shape index (κ2) is 5.84. The van der Waals surface area contributed by atoms with Gasteiger partial charge in [-0.05, 0) is 23.3 Å². The van der Waals surface area contributed by atoms with Gasteiger partial charge in [-0.3, -0.25) is 4.79 Å².